The van der Waals surface area contributed by atoms with Gasteiger partial charge in [-0.2, -0.15) is 0 Å². The van der Waals surface area contributed by atoms with Crippen molar-refractivity contribution in [2.75, 3.05) is 0 Å². The first-order valence-electron chi connectivity index (χ1n) is 4.18. The van der Waals surface area contributed by atoms with Crippen LogP contribution in [0.25, 0.3) is 0 Å². The summed E-state index contributed by atoms with van der Waals surface area (Å²) >= 11 is 9.24. The summed E-state index contributed by atoms with van der Waals surface area (Å²) in [6.07, 6.45) is 2.03. The highest BCUT2D eigenvalue weighted by Crippen LogP contribution is 2.35. The summed E-state index contributed by atoms with van der Waals surface area (Å²) in [5.74, 6) is 0.415. The van der Waals surface area contributed by atoms with E-state index in [-0.39, 0.29) is 11.7 Å². The predicted octanol–water partition coefficient (Wildman–Crippen LogP) is 3.70. The van der Waals surface area contributed by atoms with E-state index in [1.165, 1.54) is 0 Å². The van der Waals surface area contributed by atoms with Crippen molar-refractivity contribution in [2.45, 2.75) is 12.8 Å². The van der Waals surface area contributed by atoms with Crippen LogP contribution in [0.4, 0.5) is 0 Å². The Labute approximate surface area is 90.2 Å². The summed E-state index contributed by atoms with van der Waals surface area (Å²) in [6, 6.07) is 5.39. The number of halogens is 2. The van der Waals surface area contributed by atoms with Gasteiger partial charge in [0, 0.05) is 16.0 Å². The van der Waals surface area contributed by atoms with Gasteiger partial charge in [0.1, 0.15) is 0 Å². The fourth-order valence-electron chi connectivity index (χ4n) is 1.25. The van der Waals surface area contributed by atoms with Crippen LogP contribution in [0.5, 0.6) is 0 Å². The van der Waals surface area contributed by atoms with Gasteiger partial charge in [-0.3, -0.25) is 4.79 Å². The first kappa shape index (κ1) is 9.22. The van der Waals surface area contributed by atoms with Crippen LogP contribution >= 0.6 is 27.5 Å². The Kier molecular flexibility index (Phi) is 2.43. The second-order valence-electron chi connectivity index (χ2n) is 3.26. The Morgan fingerprint density at radius 1 is 1.46 bits per heavy atom. The predicted molar refractivity (Wildman–Crippen MR) is 56.2 cm³/mol. The number of ketones is 1. The van der Waals surface area contributed by atoms with E-state index >= 15 is 0 Å². The standard InChI is InChI=1S/C10H8BrClO/c11-7-3-4-9(12)8(5-7)10(13)6-1-2-6/h3-6H,1-2H2. The molecule has 1 nitrogen and oxygen atoms in total. The van der Waals surface area contributed by atoms with Crippen molar-refractivity contribution in [3.8, 4) is 0 Å². The van der Waals surface area contributed by atoms with E-state index in [2.05, 4.69) is 15.9 Å². The van der Waals surface area contributed by atoms with Crippen LogP contribution in [0.15, 0.2) is 22.7 Å². The van der Waals surface area contributed by atoms with Crippen molar-refractivity contribution in [1.82, 2.24) is 0 Å². The molecule has 1 saturated carbocycles. The first-order chi connectivity index (χ1) is 6.18. The van der Waals surface area contributed by atoms with Gasteiger partial charge in [0.2, 0.25) is 0 Å². The van der Waals surface area contributed by atoms with Crippen molar-refractivity contribution in [2.24, 2.45) is 5.92 Å². The van der Waals surface area contributed by atoms with E-state index in [0.29, 0.717) is 10.6 Å². The molecule has 0 unspecified atom stereocenters. The van der Waals surface area contributed by atoms with Gasteiger partial charge in [0.25, 0.3) is 0 Å². The van der Waals surface area contributed by atoms with E-state index in [1.807, 2.05) is 6.07 Å². The third kappa shape index (κ3) is 1.94. The molecule has 1 fully saturated rings. The maximum absolute atomic E-state index is 11.7. The largest absolute Gasteiger partial charge is 0.294 e. The lowest BCUT2D eigenvalue weighted by molar-refractivity contribution is 0.0968. The molecule has 1 aromatic rings. The number of hydrogen-bond donors (Lipinski definition) is 0. The third-order valence-corrected chi connectivity index (χ3v) is 2.96. The molecule has 13 heavy (non-hydrogen) atoms. The Morgan fingerprint density at radius 2 is 2.15 bits per heavy atom. The molecule has 1 aromatic carbocycles. The molecule has 0 aromatic heterocycles. The minimum absolute atomic E-state index is 0.186. The van der Waals surface area contributed by atoms with E-state index in [0.717, 1.165) is 17.3 Å². The molecule has 0 radical (unpaired) electrons. The van der Waals surface area contributed by atoms with E-state index in [9.17, 15) is 4.79 Å². The minimum atomic E-state index is 0.186. The Balaban J connectivity index is 2.37. The average Bonchev–Trinajstić information content (AvgIpc) is 2.91. The highest BCUT2D eigenvalue weighted by Gasteiger charge is 2.31. The molecule has 0 saturated heterocycles. The Bertz CT molecular complexity index is 358. The molecule has 0 atom stereocenters. The van der Waals surface area contributed by atoms with Crippen molar-refractivity contribution in [1.29, 1.82) is 0 Å². The zero-order valence-corrected chi connectivity index (χ0v) is 9.23. The fraction of sp³-hybridized carbons (Fsp3) is 0.300. The van der Waals surface area contributed by atoms with Gasteiger partial charge in [0.15, 0.2) is 5.78 Å². The average molecular weight is 260 g/mol. The van der Waals surface area contributed by atoms with Crippen molar-refractivity contribution in [3.63, 3.8) is 0 Å². The molecular weight excluding hydrogens is 251 g/mol. The number of Topliss-reactive ketones (excluding diaryl/α,β-unsaturated/α-hetero) is 1. The van der Waals surface area contributed by atoms with Gasteiger partial charge in [0.05, 0.1) is 5.02 Å². The van der Waals surface area contributed by atoms with Gasteiger partial charge >= 0.3 is 0 Å². The molecular formula is C10H8BrClO. The summed E-state index contributed by atoms with van der Waals surface area (Å²) in [5.41, 5.74) is 0.651. The van der Waals surface area contributed by atoms with Crippen LogP contribution in [0.1, 0.15) is 23.2 Å². The highest BCUT2D eigenvalue weighted by atomic mass is 79.9. The molecule has 68 valence electrons. The molecule has 0 bridgehead atoms. The van der Waals surface area contributed by atoms with E-state index in [1.54, 1.807) is 12.1 Å². The zero-order chi connectivity index (χ0) is 9.42. The summed E-state index contributed by atoms with van der Waals surface area (Å²) in [6.45, 7) is 0. The second-order valence-corrected chi connectivity index (χ2v) is 4.59. The molecule has 0 heterocycles. The zero-order valence-electron chi connectivity index (χ0n) is 6.89. The molecule has 1 aliphatic rings. The van der Waals surface area contributed by atoms with Crippen molar-refractivity contribution >= 4 is 33.3 Å². The molecule has 1 aliphatic carbocycles. The lowest BCUT2D eigenvalue weighted by Crippen LogP contribution is -2.01. The molecule has 0 spiro atoms. The molecule has 3 heteroatoms. The van der Waals surface area contributed by atoms with Crippen LogP contribution in [-0.2, 0) is 0 Å². The van der Waals surface area contributed by atoms with E-state index < -0.39 is 0 Å². The lowest BCUT2D eigenvalue weighted by atomic mass is 10.1. The van der Waals surface area contributed by atoms with Crippen LogP contribution in [0.2, 0.25) is 5.02 Å². The maximum atomic E-state index is 11.7. The van der Waals surface area contributed by atoms with Gasteiger partial charge in [-0.05, 0) is 31.0 Å². The van der Waals surface area contributed by atoms with Crippen molar-refractivity contribution < 1.29 is 4.79 Å². The minimum Gasteiger partial charge on any atom is -0.294 e. The van der Waals surface area contributed by atoms with E-state index in [4.69, 9.17) is 11.6 Å². The summed E-state index contributed by atoms with van der Waals surface area (Å²) in [4.78, 5) is 11.7. The molecule has 0 N–H and O–H groups in total. The molecule has 0 amide bonds. The molecule has 2 rings (SSSR count). The van der Waals surface area contributed by atoms with Gasteiger partial charge < -0.3 is 0 Å². The number of hydrogen-bond acceptors (Lipinski definition) is 1. The summed E-state index contributed by atoms with van der Waals surface area (Å²) in [5, 5.41) is 0.556. The lowest BCUT2D eigenvalue weighted by Gasteiger charge is -2.02. The SMILES string of the molecule is O=C(c1cc(Br)ccc1Cl)C1CC1. The quantitative estimate of drug-likeness (QED) is 0.740. The van der Waals surface area contributed by atoms with Crippen LogP contribution in [0.3, 0.4) is 0 Å². The van der Waals surface area contributed by atoms with Gasteiger partial charge in [-0.25, -0.2) is 0 Å². The van der Waals surface area contributed by atoms with Gasteiger partial charge in [-0.1, -0.05) is 27.5 Å². The molecule has 0 aliphatic heterocycles. The van der Waals surface area contributed by atoms with Gasteiger partial charge in [-0.15, -0.1) is 0 Å². The van der Waals surface area contributed by atoms with Crippen LogP contribution in [0, 0.1) is 5.92 Å². The normalized spacial score (nSPS) is 15.8. The summed E-state index contributed by atoms with van der Waals surface area (Å²) < 4.78 is 0.904. The smallest absolute Gasteiger partial charge is 0.167 e. The maximum Gasteiger partial charge on any atom is 0.167 e. The first-order valence-corrected chi connectivity index (χ1v) is 5.35. The summed E-state index contributed by atoms with van der Waals surface area (Å²) in [7, 11) is 0. The highest BCUT2D eigenvalue weighted by molar-refractivity contribution is 9.10. The monoisotopic (exact) mass is 258 g/mol. The number of carbonyl (C=O) groups excluding carboxylic acids is 1. The second kappa shape index (κ2) is 3.43. The Morgan fingerprint density at radius 3 is 2.77 bits per heavy atom. The van der Waals surface area contributed by atoms with Crippen LogP contribution < -0.4 is 0 Å². The number of carbonyl (C=O) groups is 1. The van der Waals surface area contributed by atoms with Crippen molar-refractivity contribution in [3.05, 3.63) is 33.3 Å². The van der Waals surface area contributed by atoms with Crippen LogP contribution in [-0.4, -0.2) is 5.78 Å². The third-order valence-electron chi connectivity index (χ3n) is 2.14. The topological polar surface area (TPSA) is 17.1 Å². The number of benzene rings is 1. The Hall–Kier alpha value is -0.340. The fourth-order valence-corrected chi connectivity index (χ4v) is 1.82. The number of rotatable bonds is 2.